The van der Waals surface area contributed by atoms with E-state index in [0.717, 1.165) is 0 Å². The second kappa shape index (κ2) is 9.07. The molecule has 1 fully saturated rings. The molecule has 0 aromatic carbocycles. The van der Waals surface area contributed by atoms with E-state index in [1.165, 1.54) is 0 Å². The molecule has 7 heteroatoms. The third kappa shape index (κ3) is 4.26. The van der Waals surface area contributed by atoms with Gasteiger partial charge in [0.25, 0.3) is 0 Å². The Balaban J connectivity index is 2.82. The molecule has 0 spiro atoms. The van der Waals surface area contributed by atoms with Gasteiger partial charge in [0.2, 0.25) is 0 Å². The summed E-state index contributed by atoms with van der Waals surface area (Å²) >= 11 is 5.63. The molecule has 0 aliphatic carbocycles. The van der Waals surface area contributed by atoms with Crippen LogP contribution in [0.15, 0.2) is 0 Å². The minimum atomic E-state index is -0.555. The van der Waals surface area contributed by atoms with Crippen LogP contribution in [0.3, 0.4) is 0 Å². The summed E-state index contributed by atoms with van der Waals surface area (Å²) in [7, 11) is 6.40. The lowest BCUT2D eigenvalue weighted by molar-refractivity contribution is -0.312. The minimum absolute atomic E-state index is 0.285. The third-order valence-corrected chi connectivity index (χ3v) is 3.25. The highest BCUT2D eigenvalue weighted by Crippen LogP contribution is 2.27. The maximum Gasteiger partial charge on any atom is 0.186 e. The van der Waals surface area contributed by atoms with Crippen LogP contribution >= 0.6 is 11.6 Å². The SMILES string of the molecule is COCC1OC(OCCCl)C(OC)C(OC)C1OC. The second-order valence-electron chi connectivity index (χ2n) is 4.16. The predicted octanol–water partition coefficient (Wildman–Crippen LogP) is 0.658. The highest BCUT2D eigenvalue weighted by atomic mass is 35.5. The summed E-state index contributed by atoms with van der Waals surface area (Å²) in [5.74, 6) is 0.386. The molecule has 1 aliphatic heterocycles. The van der Waals surface area contributed by atoms with Crippen LogP contribution in [0.5, 0.6) is 0 Å². The Kier molecular flexibility index (Phi) is 8.17. The molecule has 5 atom stereocenters. The van der Waals surface area contributed by atoms with Gasteiger partial charge >= 0.3 is 0 Å². The summed E-state index contributed by atoms with van der Waals surface area (Å²) in [5, 5.41) is 0. The number of ether oxygens (including phenoxy) is 6. The van der Waals surface area contributed by atoms with Gasteiger partial charge in [0.05, 0.1) is 13.2 Å². The lowest BCUT2D eigenvalue weighted by Crippen LogP contribution is -2.61. The van der Waals surface area contributed by atoms with E-state index in [-0.39, 0.29) is 24.4 Å². The summed E-state index contributed by atoms with van der Waals surface area (Å²) in [4.78, 5) is 0. The first-order valence-corrected chi connectivity index (χ1v) is 6.67. The summed E-state index contributed by atoms with van der Waals surface area (Å²) in [6.07, 6.45) is -1.81. The van der Waals surface area contributed by atoms with Crippen molar-refractivity contribution in [3.05, 3.63) is 0 Å². The van der Waals surface area contributed by atoms with Crippen LogP contribution in [-0.2, 0) is 28.4 Å². The van der Waals surface area contributed by atoms with Gasteiger partial charge in [-0.05, 0) is 0 Å². The average Bonchev–Trinajstić information content (AvgIpc) is 2.44. The first-order chi connectivity index (χ1) is 9.23. The largest absolute Gasteiger partial charge is 0.382 e. The van der Waals surface area contributed by atoms with Crippen LogP contribution in [0.25, 0.3) is 0 Å². The van der Waals surface area contributed by atoms with Gasteiger partial charge in [0, 0.05) is 34.3 Å². The van der Waals surface area contributed by atoms with E-state index in [2.05, 4.69) is 0 Å². The molecule has 6 nitrogen and oxygen atoms in total. The van der Waals surface area contributed by atoms with Crippen molar-refractivity contribution in [3.63, 3.8) is 0 Å². The normalized spacial score (nSPS) is 35.5. The van der Waals surface area contributed by atoms with E-state index in [4.69, 9.17) is 40.0 Å². The summed E-state index contributed by atoms with van der Waals surface area (Å²) in [6.45, 7) is 0.759. The lowest BCUT2D eigenvalue weighted by atomic mass is 9.98. The second-order valence-corrected chi connectivity index (χ2v) is 4.54. The zero-order chi connectivity index (χ0) is 14.3. The molecule has 1 rings (SSSR count). The minimum Gasteiger partial charge on any atom is -0.382 e. The van der Waals surface area contributed by atoms with Crippen LogP contribution < -0.4 is 0 Å². The zero-order valence-corrected chi connectivity index (χ0v) is 12.6. The third-order valence-electron chi connectivity index (χ3n) is 3.10. The number of methoxy groups -OCH3 is 4. The first-order valence-electron chi connectivity index (χ1n) is 6.13. The number of hydrogen-bond donors (Lipinski definition) is 0. The Morgan fingerprint density at radius 3 is 2.05 bits per heavy atom. The van der Waals surface area contributed by atoms with E-state index in [9.17, 15) is 0 Å². The van der Waals surface area contributed by atoms with E-state index in [1.54, 1.807) is 28.4 Å². The molecule has 0 saturated carbocycles. The smallest absolute Gasteiger partial charge is 0.186 e. The van der Waals surface area contributed by atoms with Crippen molar-refractivity contribution in [1.82, 2.24) is 0 Å². The van der Waals surface area contributed by atoms with Gasteiger partial charge in [-0.15, -0.1) is 11.6 Å². The molecule has 0 amide bonds. The monoisotopic (exact) mass is 298 g/mol. The Labute approximate surface area is 119 Å². The van der Waals surface area contributed by atoms with Gasteiger partial charge < -0.3 is 28.4 Å². The Hall–Kier alpha value is 0.0500. The van der Waals surface area contributed by atoms with E-state index >= 15 is 0 Å². The van der Waals surface area contributed by atoms with Gasteiger partial charge in [-0.3, -0.25) is 0 Å². The van der Waals surface area contributed by atoms with Gasteiger partial charge in [-0.1, -0.05) is 0 Å². The summed E-state index contributed by atoms with van der Waals surface area (Å²) in [5.41, 5.74) is 0. The molecule has 114 valence electrons. The van der Waals surface area contributed by atoms with Gasteiger partial charge in [-0.25, -0.2) is 0 Å². The van der Waals surface area contributed by atoms with Crippen molar-refractivity contribution >= 4 is 11.6 Å². The average molecular weight is 299 g/mol. The molecule has 1 aliphatic rings. The quantitative estimate of drug-likeness (QED) is 0.614. The molecular formula is C12H23ClO6. The van der Waals surface area contributed by atoms with Crippen LogP contribution in [0.4, 0.5) is 0 Å². The fourth-order valence-corrected chi connectivity index (χ4v) is 2.36. The zero-order valence-electron chi connectivity index (χ0n) is 11.8. The Morgan fingerprint density at radius 2 is 1.58 bits per heavy atom. The van der Waals surface area contributed by atoms with E-state index in [0.29, 0.717) is 19.1 Å². The molecule has 0 aromatic heterocycles. The topological polar surface area (TPSA) is 55.4 Å². The van der Waals surface area contributed by atoms with Crippen molar-refractivity contribution < 1.29 is 28.4 Å². The highest BCUT2D eigenvalue weighted by Gasteiger charge is 2.47. The lowest BCUT2D eigenvalue weighted by Gasteiger charge is -2.44. The molecule has 0 N–H and O–H groups in total. The standard InChI is InChI=1S/C12H23ClO6/c1-14-7-8-9(15-2)10(16-3)11(17-4)12(19-8)18-6-5-13/h8-12H,5-7H2,1-4H3. The summed E-state index contributed by atoms with van der Waals surface area (Å²) < 4.78 is 32.9. The predicted molar refractivity (Wildman–Crippen MR) is 69.6 cm³/mol. The first kappa shape index (κ1) is 17.1. The van der Waals surface area contributed by atoms with Crippen molar-refractivity contribution in [2.24, 2.45) is 0 Å². The Morgan fingerprint density at radius 1 is 0.947 bits per heavy atom. The van der Waals surface area contributed by atoms with Crippen molar-refractivity contribution in [1.29, 1.82) is 0 Å². The van der Waals surface area contributed by atoms with Crippen LogP contribution in [0.1, 0.15) is 0 Å². The van der Waals surface area contributed by atoms with E-state index < -0.39 is 6.29 Å². The van der Waals surface area contributed by atoms with Crippen LogP contribution in [-0.4, -0.2) is 78.2 Å². The molecule has 0 bridgehead atoms. The molecule has 19 heavy (non-hydrogen) atoms. The van der Waals surface area contributed by atoms with Crippen molar-refractivity contribution in [2.45, 2.75) is 30.7 Å². The number of halogens is 1. The van der Waals surface area contributed by atoms with Gasteiger partial charge in [0.15, 0.2) is 6.29 Å². The molecule has 5 unspecified atom stereocenters. The molecule has 1 saturated heterocycles. The van der Waals surface area contributed by atoms with Crippen molar-refractivity contribution in [3.8, 4) is 0 Å². The fraction of sp³-hybridized carbons (Fsp3) is 1.00. The fourth-order valence-electron chi connectivity index (χ4n) is 2.27. The van der Waals surface area contributed by atoms with Crippen molar-refractivity contribution in [2.75, 3.05) is 47.5 Å². The van der Waals surface area contributed by atoms with Crippen LogP contribution in [0, 0.1) is 0 Å². The maximum atomic E-state index is 5.83. The number of hydrogen-bond acceptors (Lipinski definition) is 6. The molecular weight excluding hydrogens is 276 g/mol. The summed E-state index contributed by atoms with van der Waals surface area (Å²) in [6, 6.07) is 0. The molecule has 0 radical (unpaired) electrons. The van der Waals surface area contributed by atoms with E-state index in [1.807, 2.05) is 0 Å². The molecule has 0 aromatic rings. The molecule has 1 heterocycles. The number of rotatable bonds is 8. The maximum absolute atomic E-state index is 5.83. The number of alkyl halides is 1. The Bertz CT molecular complexity index is 242. The van der Waals surface area contributed by atoms with Gasteiger partial charge in [0.1, 0.15) is 24.4 Å². The highest BCUT2D eigenvalue weighted by molar-refractivity contribution is 6.17. The van der Waals surface area contributed by atoms with Crippen LogP contribution in [0.2, 0.25) is 0 Å². The van der Waals surface area contributed by atoms with Gasteiger partial charge in [-0.2, -0.15) is 0 Å².